The summed E-state index contributed by atoms with van der Waals surface area (Å²) < 4.78 is 9.25. The van der Waals surface area contributed by atoms with Gasteiger partial charge in [0.25, 0.3) is 0 Å². The first kappa shape index (κ1) is 20.4. The number of rotatable bonds is 9. The first-order valence-corrected chi connectivity index (χ1v) is 10.2. The van der Waals surface area contributed by atoms with Crippen molar-refractivity contribution < 1.29 is 9.53 Å². The largest absolute Gasteiger partial charge is 0.383 e. The predicted octanol–water partition coefficient (Wildman–Crippen LogP) is 3.45. The molecule has 0 bridgehead atoms. The molecule has 0 radical (unpaired) electrons. The highest BCUT2D eigenvalue weighted by Gasteiger charge is 2.17. The minimum Gasteiger partial charge on any atom is -0.383 e. The number of ether oxygens (including phenoxy) is 1. The second-order valence-corrected chi connectivity index (χ2v) is 7.70. The van der Waals surface area contributed by atoms with Crippen LogP contribution in [0.3, 0.4) is 0 Å². The molecule has 3 aromatic rings. The average Bonchev–Trinajstić information content (AvgIpc) is 3.18. The number of thioether (sulfide) groups is 1. The Balaban J connectivity index is 1.65. The van der Waals surface area contributed by atoms with Crippen LogP contribution in [0.1, 0.15) is 33.1 Å². The summed E-state index contributed by atoms with van der Waals surface area (Å²) in [5.41, 5.74) is 4.02. The van der Waals surface area contributed by atoms with Crippen molar-refractivity contribution in [2.75, 3.05) is 19.5 Å². The highest BCUT2D eigenvalue weighted by atomic mass is 32.2. The van der Waals surface area contributed by atoms with Crippen LogP contribution in [0.25, 0.3) is 0 Å². The van der Waals surface area contributed by atoms with Crippen molar-refractivity contribution in [1.29, 1.82) is 0 Å². The van der Waals surface area contributed by atoms with E-state index in [2.05, 4.69) is 26.9 Å². The summed E-state index contributed by atoms with van der Waals surface area (Å²) >= 11 is 1.43. The van der Waals surface area contributed by atoms with E-state index in [4.69, 9.17) is 4.74 Å². The van der Waals surface area contributed by atoms with Gasteiger partial charge < -0.3 is 13.9 Å². The number of benzene rings is 1. The van der Waals surface area contributed by atoms with E-state index in [9.17, 15) is 4.79 Å². The maximum atomic E-state index is 12.8. The summed E-state index contributed by atoms with van der Waals surface area (Å²) in [5, 5.41) is 9.32. The Morgan fingerprint density at radius 3 is 2.64 bits per heavy atom. The van der Waals surface area contributed by atoms with E-state index in [1.165, 1.54) is 17.3 Å². The van der Waals surface area contributed by atoms with Gasteiger partial charge in [0.1, 0.15) is 5.82 Å². The molecule has 0 aliphatic heterocycles. The van der Waals surface area contributed by atoms with Crippen LogP contribution in [0, 0.1) is 13.8 Å². The van der Waals surface area contributed by atoms with Crippen molar-refractivity contribution in [2.45, 2.75) is 32.0 Å². The van der Waals surface area contributed by atoms with Crippen molar-refractivity contribution >= 4 is 17.5 Å². The van der Waals surface area contributed by atoms with Gasteiger partial charge in [-0.25, -0.2) is 0 Å². The molecule has 28 heavy (non-hydrogen) atoms. The fourth-order valence-electron chi connectivity index (χ4n) is 3.22. The van der Waals surface area contributed by atoms with Gasteiger partial charge in [-0.3, -0.25) is 4.79 Å². The molecule has 2 aromatic heterocycles. The second-order valence-electron chi connectivity index (χ2n) is 6.76. The number of aryl methyl sites for hydroxylation is 1. The molecule has 0 fully saturated rings. The van der Waals surface area contributed by atoms with Gasteiger partial charge in [-0.05, 0) is 25.5 Å². The topological polar surface area (TPSA) is 61.9 Å². The van der Waals surface area contributed by atoms with Crippen molar-refractivity contribution in [1.82, 2.24) is 19.3 Å². The molecule has 0 amide bonds. The lowest BCUT2D eigenvalue weighted by atomic mass is 10.1. The highest BCUT2D eigenvalue weighted by Crippen LogP contribution is 2.22. The van der Waals surface area contributed by atoms with Gasteiger partial charge in [0.2, 0.25) is 0 Å². The lowest BCUT2D eigenvalue weighted by Crippen LogP contribution is -2.10. The zero-order valence-electron chi connectivity index (χ0n) is 16.8. The Labute approximate surface area is 169 Å². The third-order valence-corrected chi connectivity index (χ3v) is 5.88. The molecule has 0 aliphatic carbocycles. The molecule has 148 valence electrons. The quantitative estimate of drug-likeness (QED) is 0.408. The number of aromatic nitrogens is 4. The monoisotopic (exact) mass is 398 g/mol. The van der Waals surface area contributed by atoms with Gasteiger partial charge in [0.15, 0.2) is 10.9 Å². The molecule has 0 aliphatic rings. The number of carbonyl (C=O) groups excluding carboxylic acids is 1. The summed E-state index contributed by atoms with van der Waals surface area (Å²) in [7, 11) is 3.63. The van der Waals surface area contributed by atoms with Crippen molar-refractivity contribution in [3.05, 3.63) is 64.7 Å². The van der Waals surface area contributed by atoms with E-state index >= 15 is 0 Å². The fourth-order valence-corrected chi connectivity index (χ4v) is 4.03. The third kappa shape index (κ3) is 4.54. The van der Waals surface area contributed by atoms with Gasteiger partial charge >= 0.3 is 0 Å². The lowest BCUT2D eigenvalue weighted by Gasteiger charge is -2.08. The molecule has 1 aromatic carbocycles. The van der Waals surface area contributed by atoms with Gasteiger partial charge in [-0.15, -0.1) is 10.2 Å². The molecule has 0 atom stereocenters. The smallest absolute Gasteiger partial charge is 0.191 e. The zero-order valence-corrected chi connectivity index (χ0v) is 17.6. The van der Waals surface area contributed by atoms with Crippen LogP contribution in [-0.4, -0.2) is 44.6 Å². The Morgan fingerprint density at radius 1 is 1.18 bits per heavy atom. The lowest BCUT2D eigenvalue weighted by molar-refractivity contribution is 0.102. The van der Waals surface area contributed by atoms with E-state index in [0.29, 0.717) is 12.4 Å². The molecular formula is C21H26N4O2S. The number of methoxy groups -OCH3 is 1. The number of Topliss-reactive ketones (excluding diaryl/α,β-unsaturated/α-hetero) is 1. The van der Waals surface area contributed by atoms with E-state index in [1.807, 2.05) is 49.7 Å². The normalized spacial score (nSPS) is 11.1. The Hall–Kier alpha value is -2.38. The van der Waals surface area contributed by atoms with Crippen LogP contribution in [0.15, 0.2) is 41.6 Å². The van der Waals surface area contributed by atoms with Crippen LogP contribution < -0.4 is 0 Å². The number of ketones is 1. The molecule has 0 spiro atoms. The summed E-state index contributed by atoms with van der Waals surface area (Å²) in [6.45, 7) is 5.38. The number of nitrogens with zero attached hydrogens (tertiary/aromatic N) is 4. The van der Waals surface area contributed by atoms with E-state index < -0.39 is 0 Å². The first-order valence-electron chi connectivity index (χ1n) is 9.25. The van der Waals surface area contributed by atoms with Crippen LogP contribution in [0.4, 0.5) is 0 Å². The minimum atomic E-state index is 0.106. The minimum absolute atomic E-state index is 0.106. The van der Waals surface area contributed by atoms with Gasteiger partial charge in [0, 0.05) is 44.1 Å². The molecule has 7 heteroatoms. The summed E-state index contributed by atoms with van der Waals surface area (Å²) in [5.74, 6) is 1.33. The second kappa shape index (κ2) is 9.21. The molecule has 2 heterocycles. The highest BCUT2D eigenvalue weighted by molar-refractivity contribution is 7.99. The van der Waals surface area contributed by atoms with Gasteiger partial charge in [-0.2, -0.15) is 0 Å². The van der Waals surface area contributed by atoms with Crippen molar-refractivity contribution in [2.24, 2.45) is 7.05 Å². The van der Waals surface area contributed by atoms with Crippen LogP contribution in [0.2, 0.25) is 0 Å². The van der Waals surface area contributed by atoms with Crippen LogP contribution in [-0.2, 0) is 24.8 Å². The van der Waals surface area contributed by atoms with E-state index in [0.717, 1.165) is 40.9 Å². The van der Waals surface area contributed by atoms with Crippen LogP contribution in [0.5, 0.6) is 0 Å². The molecule has 0 N–H and O–H groups in total. The Bertz CT molecular complexity index is 947. The molecular weight excluding hydrogens is 372 g/mol. The maximum Gasteiger partial charge on any atom is 0.191 e. The van der Waals surface area contributed by atoms with Gasteiger partial charge in [-0.1, -0.05) is 42.1 Å². The van der Waals surface area contributed by atoms with Gasteiger partial charge in [0.05, 0.1) is 12.4 Å². The molecule has 3 rings (SSSR count). The number of hydrogen-bond acceptors (Lipinski definition) is 5. The summed E-state index contributed by atoms with van der Waals surface area (Å²) in [6.07, 6.45) is 0.722. The standard InChI is InChI=1S/C21H26N4O2S/c1-15-12-18(16(2)25(15)10-11-27-4)19(26)14-28-21-23-22-20(24(21)3)13-17-8-6-5-7-9-17/h5-9,12H,10-11,13-14H2,1-4H3. The molecule has 0 saturated carbocycles. The summed E-state index contributed by atoms with van der Waals surface area (Å²) in [4.78, 5) is 12.8. The number of hydrogen-bond donors (Lipinski definition) is 0. The molecule has 6 nitrogen and oxygen atoms in total. The maximum absolute atomic E-state index is 12.8. The third-order valence-electron chi connectivity index (χ3n) is 4.86. The zero-order chi connectivity index (χ0) is 20.1. The Morgan fingerprint density at radius 2 is 1.93 bits per heavy atom. The van der Waals surface area contributed by atoms with Crippen molar-refractivity contribution in [3.63, 3.8) is 0 Å². The Kier molecular flexibility index (Phi) is 6.70. The van der Waals surface area contributed by atoms with E-state index in [-0.39, 0.29) is 5.78 Å². The van der Waals surface area contributed by atoms with Crippen molar-refractivity contribution in [3.8, 4) is 0 Å². The molecule has 0 saturated heterocycles. The first-order chi connectivity index (χ1) is 13.5. The average molecular weight is 399 g/mol. The SMILES string of the molecule is COCCn1c(C)cc(C(=O)CSc2nnc(Cc3ccccc3)n2C)c1C. The van der Waals surface area contributed by atoms with E-state index in [1.54, 1.807) is 7.11 Å². The fraction of sp³-hybridized carbons (Fsp3) is 0.381. The predicted molar refractivity (Wildman–Crippen MR) is 111 cm³/mol. The molecule has 0 unspecified atom stereocenters. The number of carbonyl (C=O) groups is 1. The van der Waals surface area contributed by atoms with Crippen LogP contribution >= 0.6 is 11.8 Å². The summed E-state index contributed by atoms with van der Waals surface area (Å²) in [6, 6.07) is 12.1.